The first-order valence-corrected chi connectivity index (χ1v) is 7.16. The molecule has 1 aliphatic rings. The molecule has 98 valence electrons. The van der Waals surface area contributed by atoms with Gasteiger partial charge in [-0.15, -0.1) is 11.3 Å². The Morgan fingerprint density at radius 3 is 2.89 bits per heavy atom. The third-order valence-corrected chi connectivity index (χ3v) is 4.21. The van der Waals surface area contributed by atoms with Gasteiger partial charge >= 0.3 is 6.09 Å². The first-order chi connectivity index (χ1) is 8.49. The summed E-state index contributed by atoms with van der Waals surface area (Å²) in [6, 6.07) is -0.0619. The summed E-state index contributed by atoms with van der Waals surface area (Å²) in [5.41, 5.74) is 2.19. The number of hydrogen-bond acceptors (Lipinski definition) is 3. The molecule has 0 saturated heterocycles. The zero-order valence-electron chi connectivity index (χ0n) is 10.3. The lowest BCUT2D eigenvalue weighted by atomic mass is 9.93. The van der Waals surface area contributed by atoms with Crippen molar-refractivity contribution >= 4 is 35.2 Å². The van der Waals surface area contributed by atoms with Crippen LogP contribution in [-0.4, -0.2) is 33.7 Å². The lowest BCUT2D eigenvalue weighted by Crippen LogP contribution is -2.44. The van der Waals surface area contributed by atoms with E-state index in [1.165, 1.54) is 21.8 Å². The van der Waals surface area contributed by atoms with Gasteiger partial charge in [-0.1, -0.05) is 19.9 Å². The van der Waals surface area contributed by atoms with Crippen LogP contribution in [-0.2, 0) is 0 Å². The second-order valence-electron chi connectivity index (χ2n) is 4.71. The standard InChI is InChI=1S/C12H16N2O2S2/c1-7(2)10-5-8(3-4-14(10)12(15)16)9-6-18-11(17)13-9/h5-7,10H,3-4H2,1-2H3,(H,13,17)(H,15,16)/t10-/m1/s1. The first-order valence-electron chi connectivity index (χ1n) is 5.87. The van der Waals surface area contributed by atoms with E-state index in [0.717, 1.165) is 16.1 Å². The zero-order valence-corrected chi connectivity index (χ0v) is 12.0. The van der Waals surface area contributed by atoms with Crippen LogP contribution in [0.3, 0.4) is 0 Å². The van der Waals surface area contributed by atoms with Crippen LogP contribution >= 0.6 is 23.6 Å². The molecule has 0 saturated carbocycles. The molecule has 1 aliphatic heterocycles. The second kappa shape index (κ2) is 5.24. The van der Waals surface area contributed by atoms with Crippen molar-refractivity contribution < 1.29 is 9.90 Å². The van der Waals surface area contributed by atoms with E-state index in [9.17, 15) is 9.90 Å². The van der Waals surface area contributed by atoms with Gasteiger partial charge in [-0.05, 0) is 30.1 Å². The highest BCUT2D eigenvalue weighted by molar-refractivity contribution is 7.73. The predicted molar refractivity (Wildman–Crippen MR) is 75.5 cm³/mol. The topological polar surface area (TPSA) is 56.3 Å². The summed E-state index contributed by atoms with van der Waals surface area (Å²) >= 11 is 6.58. The molecule has 0 fully saturated rings. The third-order valence-electron chi connectivity index (χ3n) is 3.15. The fraction of sp³-hybridized carbons (Fsp3) is 0.500. The molecule has 1 aromatic rings. The van der Waals surface area contributed by atoms with E-state index in [1.807, 2.05) is 19.2 Å². The van der Waals surface area contributed by atoms with Crippen molar-refractivity contribution in [3.05, 3.63) is 21.1 Å². The predicted octanol–water partition coefficient (Wildman–Crippen LogP) is 3.60. The summed E-state index contributed by atoms with van der Waals surface area (Å²) in [5, 5.41) is 11.2. The Kier molecular flexibility index (Phi) is 3.87. The summed E-state index contributed by atoms with van der Waals surface area (Å²) < 4.78 is 0.757. The molecule has 0 aliphatic carbocycles. The Balaban J connectivity index is 2.32. The molecule has 1 aromatic heterocycles. The maximum atomic E-state index is 11.2. The highest BCUT2D eigenvalue weighted by Gasteiger charge is 2.28. The number of thiazole rings is 1. The molecule has 0 aromatic carbocycles. The van der Waals surface area contributed by atoms with Gasteiger partial charge in [0.2, 0.25) is 0 Å². The first kappa shape index (κ1) is 13.3. The minimum atomic E-state index is -0.845. The van der Waals surface area contributed by atoms with Gasteiger partial charge < -0.3 is 15.0 Å². The fourth-order valence-corrected chi connectivity index (χ4v) is 3.07. The normalized spacial score (nSPS) is 20.1. The number of aromatic nitrogens is 1. The van der Waals surface area contributed by atoms with Crippen LogP contribution in [0.15, 0.2) is 11.5 Å². The van der Waals surface area contributed by atoms with E-state index < -0.39 is 6.09 Å². The SMILES string of the molecule is CC(C)[C@H]1C=C(c2csc(=S)[nH]2)CCN1C(=O)O. The lowest BCUT2D eigenvalue weighted by molar-refractivity contribution is 0.122. The highest BCUT2D eigenvalue weighted by atomic mass is 32.1. The number of aromatic amines is 1. The molecule has 1 amide bonds. The second-order valence-corrected chi connectivity index (χ2v) is 6.26. The highest BCUT2D eigenvalue weighted by Crippen LogP contribution is 2.28. The molecule has 1 atom stereocenters. The smallest absolute Gasteiger partial charge is 0.407 e. The van der Waals surface area contributed by atoms with Gasteiger partial charge in [0.25, 0.3) is 0 Å². The van der Waals surface area contributed by atoms with Gasteiger partial charge in [0.15, 0.2) is 3.95 Å². The third kappa shape index (κ3) is 2.64. The monoisotopic (exact) mass is 284 g/mol. The van der Waals surface area contributed by atoms with Crippen LogP contribution in [0.1, 0.15) is 26.0 Å². The van der Waals surface area contributed by atoms with Gasteiger partial charge in [0.05, 0.1) is 11.7 Å². The van der Waals surface area contributed by atoms with Crippen LogP contribution in [0.2, 0.25) is 0 Å². The Morgan fingerprint density at radius 1 is 1.67 bits per heavy atom. The molecule has 2 N–H and O–H groups in total. The number of carbonyl (C=O) groups is 1. The van der Waals surface area contributed by atoms with Crippen LogP contribution in [0.4, 0.5) is 4.79 Å². The van der Waals surface area contributed by atoms with Crippen molar-refractivity contribution in [1.82, 2.24) is 9.88 Å². The molecule has 2 rings (SSSR count). The average Bonchev–Trinajstić information content (AvgIpc) is 2.75. The molecule has 0 bridgehead atoms. The minimum absolute atomic E-state index is 0.0619. The number of hydrogen-bond donors (Lipinski definition) is 2. The van der Waals surface area contributed by atoms with Crippen LogP contribution < -0.4 is 0 Å². The van der Waals surface area contributed by atoms with Gasteiger partial charge in [0, 0.05) is 11.9 Å². The summed E-state index contributed by atoms with van der Waals surface area (Å²) in [7, 11) is 0. The number of amides is 1. The van der Waals surface area contributed by atoms with Crippen LogP contribution in [0, 0.1) is 9.87 Å². The van der Waals surface area contributed by atoms with Crippen molar-refractivity contribution in [2.75, 3.05) is 6.54 Å². The minimum Gasteiger partial charge on any atom is -0.465 e. The maximum Gasteiger partial charge on any atom is 0.407 e. The molecule has 0 radical (unpaired) electrons. The molecule has 2 heterocycles. The van der Waals surface area contributed by atoms with Gasteiger partial charge in [-0.25, -0.2) is 4.79 Å². The number of rotatable bonds is 2. The Hall–Kier alpha value is -1.14. The summed E-state index contributed by atoms with van der Waals surface area (Å²) in [6.07, 6.45) is 1.94. The van der Waals surface area contributed by atoms with E-state index in [2.05, 4.69) is 11.1 Å². The number of nitrogens with one attached hydrogen (secondary N) is 1. The van der Waals surface area contributed by atoms with E-state index in [0.29, 0.717) is 6.54 Å². The Bertz CT molecular complexity index is 530. The van der Waals surface area contributed by atoms with Gasteiger partial charge in [-0.2, -0.15) is 0 Å². The number of carboxylic acid groups (broad SMARTS) is 1. The Morgan fingerprint density at radius 2 is 2.39 bits per heavy atom. The van der Waals surface area contributed by atoms with Crippen molar-refractivity contribution in [2.45, 2.75) is 26.3 Å². The molecule has 18 heavy (non-hydrogen) atoms. The molecule has 6 heteroatoms. The van der Waals surface area contributed by atoms with Crippen molar-refractivity contribution in [1.29, 1.82) is 0 Å². The van der Waals surface area contributed by atoms with E-state index in [-0.39, 0.29) is 12.0 Å². The fourth-order valence-electron chi connectivity index (χ4n) is 2.21. The van der Waals surface area contributed by atoms with E-state index >= 15 is 0 Å². The quantitative estimate of drug-likeness (QED) is 0.816. The molecular weight excluding hydrogens is 268 g/mol. The molecule has 0 spiro atoms. The van der Waals surface area contributed by atoms with Crippen LogP contribution in [0.25, 0.3) is 5.57 Å². The summed E-state index contributed by atoms with van der Waals surface area (Å²) in [5.74, 6) is 0.262. The molecule has 4 nitrogen and oxygen atoms in total. The Labute approximate surface area is 115 Å². The number of nitrogens with zero attached hydrogens (tertiary/aromatic N) is 1. The van der Waals surface area contributed by atoms with Crippen molar-refractivity contribution in [2.24, 2.45) is 5.92 Å². The van der Waals surface area contributed by atoms with Crippen LogP contribution in [0.5, 0.6) is 0 Å². The van der Waals surface area contributed by atoms with E-state index in [4.69, 9.17) is 12.2 Å². The largest absolute Gasteiger partial charge is 0.465 e. The molecular formula is C12H16N2O2S2. The van der Waals surface area contributed by atoms with Crippen molar-refractivity contribution in [3.8, 4) is 0 Å². The molecule has 0 unspecified atom stereocenters. The average molecular weight is 284 g/mol. The summed E-state index contributed by atoms with van der Waals surface area (Å²) in [6.45, 7) is 4.62. The summed E-state index contributed by atoms with van der Waals surface area (Å²) in [4.78, 5) is 15.8. The van der Waals surface area contributed by atoms with E-state index in [1.54, 1.807) is 0 Å². The van der Waals surface area contributed by atoms with Gasteiger partial charge in [0.1, 0.15) is 0 Å². The van der Waals surface area contributed by atoms with Gasteiger partial charge in [-0.3, -0.25) is 0 Å². The lowest BCUT2D eigenvalue weighted by Gasteiger charge is -2.34. The zero-order chi connectivity index (χ0) is 13.3. The number of H-pyrrole nitrogens is 1. The van der Waals surface area contributed by atoms with Crippen molar-refractivity contribution in [3.63, 3.8) is 0 Å². The maximum absolute atomic E-state index is 11.2.